The van der Waals surface area contributed by atoms with E-state index in [1.165, 1.54) is 23.8 Å². The highest BCUT2D eigenvalue weighted by Crippen LogP contribution is 2.35. The Balaban J connectivity index is 1.03. The molecule has 0 saturated heterocycles. The van der Waals surface area contributed by atoms with Crippen molar-refractivity contribution in [1.29, 1.82) is 0 Å². The smallest absolute Gasteiger partial charge is 0.231 e. The number of benzene rings is 3. The van der Waals surface area contributed by atoms with Crippen LogP contribution < -0.4 is 14.2 Å². The van der Waals surface area contributed by atoms with Crippen molar-refractivity contribution in [2.45, 2.75) is 18.2 Å². The molecule has 0 aliphatic carbocycles. The van der Waals surface area contributed by atoms with Gasteiger partial charge in [-0.3, -0.25) is 0 Å². The standard InChI is InChI=1S/C26H23F2NO4S2/c27-20-3-1-4-21(28)25(20)26-29-22(14-31-26)18-7-5-17(6-8-18)15-35-34-12-2-11-30-19-9-10-23-24(13-19)33-16-32-23/h1,3-10,13,22H,2,11-12,14-16H2. The van der Waals surface area contributed by atoms with Crippen LogP contribution in [0, 0.1) is 11.6 Å². The van der Waals surface area contributed by atoms with E-state index in [0.717, 1.165) is 40.7 Å². The quantitative estimate of drug-likeness (QED) is 0.225. The van der Waals surface area contributed by atoms with Crippen LogP contribution in [-0.2, 0) is 10.5 Å². The van der Waals surface area contributed by atoms with Crippen molar-refractivity contribution < 1.29 is 27.7 Å². The molecule has 2 aliphatic heterocycles. The van der Waals surface area contributed by atoms with Gasteiger partial charge in [0.05, 0.1) is 6.61 Å². The molecular weight excluding hydrogens is 492 g/mol. The molecule has 35 heavy (non-hydrogen) atoms. The number of halogens is 2. The minimum Gasteiger partial charge on any atom is -0.493 e. The number of hydrogen-bond donors (Lipinski definition) is 0. The highest BCUT2D eigenvalue weighted by Gasteiger charge is 2.26. The molecule has 182 valence electrons. The molecule has 0 spiro atoms. The van der Waals surface area contributed by atoms with Crippen molar-refractivity contribution in [3.05, 3.63) is 89.0 Å². The van der Waals surface area contributed by atoms with Crippen molar-refractivity contribution in [1.82, 2.24) is 0 Å². The molecule has 0 radical (unpaired) electrons. The molecule has 0 N–H and O–H groups in total. The van der Waals surface area contributed by atoms with Crippen LogP contribution in [0.2, 0.25) is 0 Å². The molecule has 9 heteroatoms. The van der Waals surface area contributed by atoms with Gasteiger partial charge in [0.2, 0.25) is 12.7 Å². The maximum Gasteiger partial charge on any atom is 0.231 e. The Hall–Kier alpha value is -2.91. The topological polar surface area (TPSA) is 49.3 Å². The van der Waals surface area contributed by atoms with Gasteiger partial charge in [0, 0.05) is 17.6 Å². The van der Waals surface area contributed by atoms with E-state index >= 15 is 0 Å². The van der Waals surface area contributed by atoms with E-state index in [4.69, 9.17) is 18.9 Å². The Bertz CT molecular complexity index is 1190. The molecule has 2 heterocycles. The lowest BCUT2D eigenvalue weighted by Crippen LogP contribution is -2.07. The maximum atomic E-state index is 14.0. The Morgan fingerprint density at radius 2 is 1.71 bits per heavy atom. The van der Waals surface area contributed by atoms with E-state index in [1.54, 1.807) is 10.8 Å². The monoisotopic (exact) mass is 515 g/mol. The molecule has 3 aromatic rings. The highest BCUT2D eigenvalue weighted by molar-refractivity contribution is 8.76. The molecule has 0 amide bonds. The molecule has 2 aliphatic rings. The minimum absolute atomic E-state index is 0.0177. The molecule has 5 rings (SSSR count). The molecule has 0 fully saturated rings. The molecule has 0 aromatic heterocycles. The lowest BCUT2D eigenvalue weighted by molar-refractivity contribution is 0.173. The number of hydrogen-bond acceptors (Lipinski definition) is 7. The number of nitrogens with zero attached hydrogens (tertiary/aromatic N) is 1. The zero-order valence-electron chi connectivity index (χ0n) is 18.7. The molecule has 1 unspecified atom stereocenters. The van der Waals surface area contributed by atoms with Gasteiger partial charge in [0.1, 0.15) is 35.6 Å². The molecule has 5 nitrogen and oxygen atoms in total. The fourth-order valence-corrected chi connectivity index (χ4v) is 5.79. The first kappa shape index (κ1) is 23.8. The Kier molecular flexibility index (Phi) is 7.63. The number of rotatable bonds is 10. The van der Waals surface area contributed by atoms with Crippen molar-refractivity contribution in [2.24, 2.45) is 4.99 Å². The summed E-state index contributed by atoms with van der Waals surface area (Å²) in [5, 5.41) is 0. The summed E-state index contributed by atoms with van der Waals surface area (Å²) in [5.41, 5.74) is 1.95. The zero-order chi connectivity index (χ0) is 24.0. The SMILES string of the molecule is Fc1cccc(F)c1C1=NC(c2ccc(CSSCCCOc3ccc4c(c3)OCO4)cc2)CO1. The van der Waals surface area contributed by atoms with Crippen LogP contribution in [-0.4, -0.2) is 31.7 Å². The second kappa shape index (κ2) is 11.2. The summed E-state index contributed by atoms with van der Waals surface area (Å²) >= 11 is 0. The van der Waals surface area contributed by atoms with E-state index in [0.29, 0.717) is 6.61 Å². The number of fused-ring (bicyclic) bond motifs is 1. The van der Waals surface area contributed by atoms with Crippen LogP contribution in [0.3, 0.4) is 0 Å². The van der Waals surface area contributed by atoms with Gasteiger partial charge in [0.25, 0.3) is 0 Å². The van der Waals surface area contributed by atoms with Gasteiger partial charge in [0.15, 0.2) is 11.5 Å². The molecular formula is C26H23F2NO4S2. The summed E-state index contributed by atoms with van der Waals surface area (Å²) in [6.45, 7) is 1.17. The summed E-state index contributed by atoms with van der Waals surface area (Å²) in [6, 6.07) is 17.2. The summed E-state index contributed by atoms with van der Waals surface area (Å²) in [6.07, 6.45) is 0.940. The number of aliphatic imine (C=N–C) groups is 1. The van der Waals surface area contributed by atoms with Crippen molar-refractivity contribution in [3.8, 4) is 17.2 Å². The average Bonchev–Trinajstić information content (AvgIpc) is 3.53. The van der Waals surface area contributed by atoms with Crippen LogP contribution in [0.15, 0.2) is 65.7 Å². The predicted octanol–water partition coefficient (Wildman–Crippen LogP) is 6.56. The van der Waals surface area contributed by atoms with E-state index in [9.17, 15) is 8.78 Å². The van der Waals surface area contributed by atoms with Gasteiger partial charge in [-0.05, 0) is 41.8 Å². The molecule has 3 aromatic carbocycles. The summed E-state index contributed by atoms with van der Waals surface area (Å²) < 4.78 is 49.9. The first-order valence-electron chi connectivity index (χ1n) is 11.2. The predicted molar refractivity (Wildman–Crippen MR) is 134 cm³/mol. The van der Waals surface area contributed by atoms with E-state index < -0.39 is 11.6 Å². The lowest BCUT2D eigenvalue weighted by Gasteiger charge is -2.08. The Morgan fingerprint density at radius 3 is 2.54 bits per heavy atom. The van der Waals surface area contributed by atoms with Gasteiger partial charge in [-0.1, -0.05) is 51.9 Å². The van der Waals surface area contributed by atoms with Gasteiger partial charge in [-0.2, -0.15) is 0 Å². The Morgan fingerprint density at radius 1 is 0.914 bits per heavy atom. The summed E-state index contributed by atoms with van der Waals surface area (Å²) in [4.78, 5) is 4.40. The first-order valence-corrected chi connectivity index (χ1v) is 13.7. The number of ether oxygens (including phenoxy) is 4. The van der Waals surface area contributed by atoms with Crippen LogP contribution >= 0.6 is 21.6 Å². The van der Waals surface area contributed by atoms with Crippen LogP contribution in [0.1, 0.15) is 29.2 Å². The normalized spacial score (nSPS) is 16.2. The fourth-order valence-electron chi connectivity index (χ4n) is 3.66. The van der Waals surface area contributed by atoms with Gasteiger partial charge in [-0.25, -0.2) is 13.8 Å². The van der Waals surface area contributed by atoms with Crippen molar-refractivity contribution in [2.75, 3.05) is 25.8 Å². The van der Waals surface area contributed by atoms with Gasteiger partial charge >= 0.3 is 0 Å². The fraction of sp³-hybridized carbons (Fsp3) is 0.269. The average molecular weight is 516 g/mol. The van der Waals surface area contributed by atoms with Gasteiger partial charge < -0.3 is 18.9 Å². The second-order valence-corrected chi connectivity index (χ2v) is 10.5. The lowest BCUT2D eigenvalue weighted by atomic mass is 10.1. The minimum atomic E-state index is -0.672. The first-order chi connectivity index (χ1) is 17.2. The highest BCUT2D eigenvalue weighted by atomic mass is 33.1. The van der Waals surface area contributed by atoms with Gasteiger partial charge in [-0.15, -0.1) is 0 Å². The third-order valence-electron chi connectivity index (χ3n) is 5.49. The van der Waals surface area contributed by atoms with Crippen LogP contribution in [0.4, 0.5) is 8.78 Å². The van der Waals surface area contributed by atoms with Crippen LogP contribution in [0.25, 0.3) is 0 Å². The van der Waals surface area contributed by atoms with Crippen molar-refractivity contribution >= 4 is 27.5 Å². The van der Waals surface area contributed by atoms with E-state index in [-0.39, 0.29) is 30.9 Å². The van der Waals surface area contributed by atoms with Crippen molar-refractivity contribution in [3.63, 3.8) is 0 Å². The maximum absolute atomic E-state index is 14.0. The molecule has 0 saturated carbocycles. The summed E-state index contributed by atoms with van der Waals surface area (Å²) in [5.74, 6) is 2.80. The summed E-state index contributed by atoms with van der Waals surface area (Å²) in [7, 11) is 3.61. The third kappa shape index (κ3) is 5.85. The van der Waals surface area contributed by atoms with E-state index in [1.807, 2.05) is 41.1 Å². The molecule has 1 atom stereocenters. The van der Waals surface area contributed by atoms with E-state index in [2.05, 4.69) is 17.1 Å². The Labute approximate surface area is 210 Å². The largest absolute Gasteiger partial charge is 0.493 e. The zero-order valence-corrected chi connectivity index (χ0v) is 20.4. The third-order valence-corrected chi connectivity index (χ3v) is 7.91. The molecule has 0 bridgehead atoms. The van der Waals surface area contributed by atoms with Crippen LogP contribution in [0.5, 0.6) is 17.2 Å². The second-order valence-electron chi connectivity index (χ2n) is 7.90.